The predicted molar refractivity (Wildman–Crippen MR) is 84.9 cm³/mol. The Balaban J connectivity index is 1.65. The SMILES string of the molecule is O=C1/C(=C/c2ccccc2)SC(=S)N1N1C(=O)[C@H]2C[C@@H]2C1=O. The molecule has 2 saturated heterocycles. The van der Waals surface area contributed by atoms with Crippen LogP contribution in [0.1, 0.15) is 12.0 Å². The van der Waals surface area contributed by atoms with Crippen molar-refractivity contribution in [3.63, 3.8) is 0 Å². The lowest BCUT2D eigenvalue weighted by Gasteiger charge is -2.25. The van der Waals surface area contributed by atoms with Crippen molar-refractivity contribution in [2.24, 2.45) is 11.8 Å². The second-order valence-corrected chi connectivity index (χ2v) is 7.02. The summed E-state index contributed by atoms with van der Waals surface area (Å²) in [6, 6.07) is 9.36. The van der Waals surface area contributed by atoms with Gasteiger partial charge in [0, 0.05) is 0 Å². The highest BCUT2D eigenvalue weighted by Crippen LogP contribution is 2.49. The van der Waals surface area contributed by atoms with E-state index in [1.807, 2.05) is 30.3 Å². The first-order valence-electron chi connectivity index (χ1n) is 6.78. The maximum absolute atomic E-state index is 12.5. The van der Waals surface area contributed by atoms with Crippen molar-refractivity contribution < 1.29 is 14.4 Å². The monoisotopic (exact) mass is 330 g/mol. The number of amides is 3. The van der Waals surface area contributed by atoms with Gasteiger partial charge in [0.1, 0.15) is 0 Å². The van der Waals surface area contributed by atoms with Crippen LogP contribution in [0, 0.1) is 11.8 Å². The summed E-state index contributed by atoms with van der Waals surface area (Å²) in [5, 5.41) is 1.98. The third kappa shape index (κ3) is 1.93. The van der Waals surface area contributed by atoms with Gasteiger partial charge in [0.15, 0.2) is 4.32 Å². The van der Waals surface area contributed by atoms with Crippen LogP contribution in [0.15, 0.2) is 35.2 Å². The molecule has 7 heteroatoms. The summed E-state index contributed by atoms with van der Waals surface area (Å²) in [5.74, 6) is -1.55. The number of fused-ring (bicyclic) bond motifs is 1. The summed E-state index contributed by atoms with van der Waals surface area (Å²) in [4.78, 5) is 37.2. The fourth-order valence-corrected chi connectivity index (χ4v) is 3.94. The zero-order valence-electron chi connectivity index (χ0n) is 11.3. The van der Waals surface area contributed by atoms with E-state index in [-0.39, 0.29) is 28.0 Å². The molecule has 0 N–H and O–H groups in total. The van der Waals surface area contributed by atoms with Gasteiger partial charge in [0.05, 0.1) is 16.7 Å². The number of nitrogens with zero attached hydrogens (tertiary/aromatic N) is 2. The average Bonchev–Trinajstić information content (AvgIpc) is 3.21. The number of rotatable bonds is 2. The molecule has 3 aliphatic rings. The molecule has 22 heavy (non-hydrogen) atoms. The molecule has 1 aromatic rings. The predicted octanol–water partition coefficient (Wildman–Crippen LogP) is 1.81. The van der Waals surface area contributed by atoms with Crippen LogP contribution in [0.3, 0.4) is 0 Å². The summed E-state index contributed by atoms with van der Waals surface area (Å²) in [7, 11) is 0. The minimum atomic E-state index is -0.415. The summed E-state index contributed by atoms with van der Waals surface area (Å²) >= 11 is 6.29. The molecule has 2 atom stereocenters. The Morgan fingerprint density at radius 2 is 1.68 bits per heavy atom. The molecule has 3 fully saturated rings. The molecule has 0 bridgehead atoms. The summed E-state index contributed by atoms with van der Waals surface area (Å²) < 4.78 is 0.218. The van der Waals surface area contributed by atoms with E-state index in [9.17, 15) is 14.4 Å². The Morgan fingerprint density at radius 3 is 2.32 bits per heavy atom. The lowest BCUT2D eigenvalue weighted by atomic mass is 10.2. The smallest absolute Gasteiger partial charge is 0.272 e. The van der Waals surface area contributed by atoms with Crippen LogP contribution in [-0.2, 0) is 14.4 Å². The molecule has 0 unspecified atom stereocenters. The van der Waals surface area contributed by atoms with E-state index in [0.29, 0.717) is 11.3 Å². The largest absolute Gasteiger partial charge is 0.285 e. The van der Waals surface area contributed by atoms with Crippen LogP contribution in [0.25, 0.3) is 6.08 Å². The van der Waals surface area contributed by atoms with Crippen molar-refractivity contribution in [2.75, 3.05) is 0 Å². The van der Waals surface area contributed by atoms with E-state index >= 15 is 0 Å². The molecule has 110 valence electrons. The number of carbonyl (C=O) groups is 3. The van der Waals surface area contributed by atoms with Gasteiger partial charge in [-0.05, 0) is 30.3 Å². The Hall–Kier alpha value is -1.99. The first-order valence-corrected chi connectivity index (χ1v) is 8.01. The van der Waals surface area contributed by atoms with Gasteiger partial charge in [0.25, 0.3) is 17.7 Å². The summed E-state index contributed by atoms with van der Waals surface area (Å²) in [6.45, 7) is 0. The van der Waals surface area contributed by atoms with Gasteiger partial charge in [-0.15, -0.1) is 0 Å². The maximum atomic E-state index is 12.5. The van der Waals surface area contributed by atoms with E-state index in [1.165, 1.54) is 0 Å². The molecule has 0 aromatic heterocycles. The molecular weight excluding hydrogens is 320 g/mol. The summed E-state index contributed by atoms with van der Waals surface area (Å²) in [5.41, 5.74) is 0.866. The minimum absolute atomic E-state index is 0.218. The Morgan fingerprint density at radius 1 is 1.05 bits per heavy atom. The number of thioether (sulfide) groups is 1. The van der Waals surface area contributed by atoms with E-state index in [1.54, 1.807) is 6.08 Å². The standard InChI is InChI=1S/C15H10N2O3S2/c18-12-9-7-10(9)13(19)16(12)17-14(20)11(22-15(17)21)6-8-4-2-1-3-5-8/h1-6,9-10H,7H2/b11-6-/t9-,10-/m0/s1. The molecule has 2 aliphatic heterocycles. The maximum Gasteiger partial charge on any atom is 0.285 e. The molecule has 2 heterocycles. The second kappa shape index (κ2) is 4.76. The topological polar surface area (TPSA) is 57.7 Å². The van der Waals surface area contributed by atoms with Crippen LogP contribution in [0.5, 0.6) is 0 Å². The van der Waals surface area contributed by atoms with Crippen LogP contribution >= 0.6 is 24.0 Å². The molecule has 4 rings (SSSR count). The van der Waals surface area contributed by atoms with E-state index in [4.69, 9.17) is 12.2 Å². The number of imide groups is 1. The highest BCUT2D eigenvalue weighted by molar-refractivity contribution is 8.26. The first-order chi connectivity index (χ1) is 10.6. The highest BCUT2D eigenvalue weighted by atomic mass is 32.2. The third-order valence-corrected chi connectivity index (χ3v) is 5.20. The van der Waals surface area contributed by atoms with E-state index in [2.05, 4.69) is 0 Å². The van der Waals surface area contributed by atoms with Gasteiger partial charge in [-0.1, -0.05) is 42.1 Å². The first kappa shape index (κ1) is 13.7. The van der Waals surface area contributed by atoms with Crippen LogP contribution in [0.4, 0.5) is 0 Å². The van der Waals surface area contributed by atoms with Crippen LogP contribution in [-0.4, -0.2) is 32.1 Å². The number of thiocarbonyl (C=S) groups is 1. The molecule has 3 amide bonds. The van der Waals surface area contributed by atoms with Crippen LogP contribution < -0.4 is 0 Å². The Labute approximate surface area is 135 Å². The second-order valence-electron chi connectivity index (χ2n) is 5.34. The normalized spacial score (nSPS) is 28.8. The van der Waals surface area contributed by atoms with Gasteiger partial charge in [-0.3, -0.25) is 14.4 Å². The van der Waals surface area contributed by atoms with Gasteiger partial charge in [0.2, 0.25) is 0 Å². The minimum Gasteiger partial charge on any atom is -0.272 e. The Kier molecular flexibility index (Phi) is 2.95. The number of benzene rings is 1. The number of hydrogen-bond acceptors (Lipinski definition) is 5. The number of hydrazine groups is 1. The Bertz CT molecular complexity index is 739. The van der Waals surface area contributed by atoms with E-state index < -0.39 is 5.91 Å². The highest BCUT2D eigenvalue weighted by Gasteiger charge is 2.62. The van der Waals surface area contributed by atoms with Crippen molar-refractivity contribution in [1.82, 2.24) is 10.0 Å². The molecule has 5 nitrogen and oxygen atoms in total. The fraction of sp³-hybridized carbons (Fsp3) is 0.200. The summed E-state index contributed by atoms with van der Waals surface area (Å²) in [6.07, 6.45) is 2.31. The molecule has 1 aromatic carbocycles. The van der Waals surface area contributed by atoms with Crippen molar-refractivity contribution in [2.45, 2.75) is 6.42 Å². The van der Waals surface area contributed by atoms with Crippen LogP contribution in [0.2, 0.25) is 0 Å². The quantitative estimate of drug-likeness (QED) is 0.470. The van der Waals surface area contributed by atoms with Crippen molar-refractivity contribution >= 4 is 52.1 Å². The zero-order valence-corrected chi connectivity index (χ0v) is 12.9. The van der Waals surface area contributed by atoms with Crippen molar-refractivity contribution in [3.05, 3.63) is 40.8 Å². The number of carbonyl (C=O) groups excluding carboxylic acids is 3. The van der Waals surface area contributed by atoms with Crippen molar-refractivity contribution in [1.29, 1.82) is 0 Å². The molecule has 0 spiro atoms. The number of piperidine rings is 1. The van der Waals surface area contributed by atoms with Gasteiger partial charge >= 0.3 is 0 Å². The zero-order chi connectivity index (χ0) is 15.4. The average molecular weight is 330 g/mol. The molecule has 0 radical (unpaired) electrons. The fourth-order valence-electron chi connectivity index (χ4n) is 2.69. The van der Waals surface area contributed by atoms with Gasteiger partial charge < -0.3 is 0 Å². The third-order valence-electron chi connectivity index (χ3n) is 3.91. The molecule has 1 aliphatic carbocycles. The van der Waals surface area contributed by atoms with Gasteiger partial charge in [-0.2, -0.15) is 10.0 Å². The molecule has 1 saturated carbocycles. The number of hydrogen-bond donors (Lipinski definition) is 0. The van der Waals surface area contributed by atoms with Gasteiger partial charge in [-0.25, -0.2) is 0 Å². The van der Waals surface area contributed by atoms with Crippen molar-refractivity contribution in [3.8, 4) is 0 Å². The van der Waals surface area contributed by atoms with E-state index in [0.717, 1.165) is 27.3 Å². The molecular formula is C15H10N2O3S2. The lowest BCUT2D eigenvalue weighted by molar-refractivity contribution is -0.160. The lowest BCUT2D eigenvalue weighted by Crippen LogP contribution is -2.50.